The highest BCUT2D eigenvalue weighted by Crippen LogP contribution is 2.14. The minimum atomic E-state index is -3.94. The Kier molecular flexibility index (Phi) is 5.20. The van der Waals surface area contributed by atoms with Crippen LogP contribution in [0.2, 0.25) is 0 Å². The summed E-state index contributed by atoms with van der Waals surface area (Å²) in [5.41, 5.74) is 5.21. The third-order valence-electron chi connectivity index (χ3n) is 2.14. The highest BCUT2D eigenvalue weighted by atomic mass is 32.2. The largest absolute Gasteiger partial charge is 0.327 e. The summed E-state index contributed by atoms with van der Waals surface area (Å²) in [7, 11) is -7.72. The van der Waals surface area contributed by atoms with Crippen LogP contribution in [0.1, 0.15) is 0 Å². The van der Waals surface area contributed by atoms with Crippen molar-refractivity contribution in [1.29, 1.82) is 0 Å². The Labute approximate surface area is 112 Å². The van der Waals surface area contributed by atoms with E-state index < -0.39 is 20.0 Å². The molecule has 1 aromatic rings. The Morgan fingerprint density at radius 1 is 1.11 bits per heavy atom. The molecule has 0 fully saturated rings. The highest BCUT2D eigenvalue weighted by molar-refractivity contribution is 7.90. The molecule has 0 bridgehead atoms. The van der Waals surface area contributed by atoms with E-state index in [2.05, 4.69) is 4.72 Å². The fourth-order valence-electron chi connectivity index (χ4n) is 1.24. The summed E-state index contributed by atoms with van der Waals surface area (Å²) in [6, 6.07) is 4.82. The van der Waals surface area contributed by atoms with Gasteiger partial charge in [0, 0.05) is 13.1 Å². The van der Waals surface area contributed by atoms with Crippen LogP contribution in [0.3, 0.4) is 0 Å². The summed E-state index contributed by atoms with van der Waals surface area (Å²) < 4.78 is 48.3. The average Bonchev–Trinajstić information content (AvgIpc) is 2.34. The van der Waals surface area contributed by atoms with E-state index in [4.69, 9.17) is 10.9 Å². The molecule has 19 heavy (non-hydrogen) atoms. The minimum Gasteiger partial charge on any atom is -0.327 e. The van der Waals surface area contributed by atoms with Crippen LogP contribution in [0.5, 0.6) is 0 Å². The Balaban J connectivity index is 2.99. The molecule has 0 heterocycles. The summed E-state index contributed by atoms with van der Waals surface area (Å²) in [6.07, 6.45) is 3.16. The number of sulfonamides is 2. The van der Waals surface area contributed by atoms with E-state index in [-0.39, 0.29) is 16.3 Å². The fourth-order valence-corrected chi connectivity index (χ4v) is 2.90. The lowest BCUT2D eigenvalue weighted by Crippen LogP contribution is -2.24. The minimum absolute atomic E-state index is 0.0686. The van der Waals surface area contributed by atoms with Crippen LogP contribution in [0.25, 0.3) is 0 Å². The standard InChI is InChI=1S/C10H15N3O4S2/c11-6-1-2-7-13-19(16,17)10-5-3-4-9(8-10)18(12,14)15/h1-5,8,13H,6-7,11H2,(H2,12,14,15)/b2-1+. The van der Waals surface area contributed by atoms with Gasteiger partial charge < -0.3 is 5.73 Å². The monoisotopic (exact) mass is 305 g/mol. The molecule has 9 heteroatoms. The first-order chi connectivity index (χ1) is 8.77. The molecular formula is C10H15N3O4S2. The molecule has 0 aliphatic carbocycles. The van der Waals surface area contributed by atoms with Crippen LogP contribution in [0.4, 0.5) is 0 Å². The molecule has 5 N–H and O–H groups in total. The number of benzene rings is 1. The quantitative estimate of drug-likeness (QED) is 0.587. The molecule has 0 amide bonds. The summed E-state index contributed by atoms with van der Waals surface area (Å²) in [5, 5.41) is 4.94. The first kappa shape index (κ1) is 15.8. The second-order valence-corrected chi connectivity index (χ2v) is 6.91. The summed E-state index contributed by atoms with van der Waals surface area (Å²) in [5.74, 6) is 0. The van der Waals surface area contributed by atoms with E-state index in [1.165, 1.54) is 18.2 Å². The summed E-state index contributed by atoms with van der Waals surface area (Å²) >= 11 is 0. The van der Waals surface area contributed by atoms with E-state index in [1.807, 2.05) is 0 Å². The highest BCUT2D eigenvalue weighted by Gasteiger charge is 2.16. The molecule has 1 rings (SSSR count). The van der Waals surface area contributed by atoms with Crippen LogP contribution in [0, 0.1) is 0 Å². The van der Waals surface area contributed by atoms with Crippen molar-refractivity contribution in [1.82, 2.24) is 4.72 Å². The Hall–Kier alpha value is -1.26. The van der Waals surface area contributed by atoms with E-state index in [0.29, 0.717) is 6.54 Å². The number of nitrogens with two attached hydrogens (primary N) is 2. The predicted molar refractivity (Wildman–Crippen MR) is 71.2 cm³/mol. The van der Waals surface area contributed by atoms with Gasteiger partial charge in [-0.2, -0.15) is 0 Å². The number of hydrogen-bond acceptors (Lipinski definition) is 5. The Morgan fingerprint density at radius 2 is 1.74 bits per heavy atom. The zero-order chi connectivity index (χ0) is 14.5. The Morgan fingerprint density at radius 3 is 2.32 bits per heavy atom. The molecule has 0 aliphatic heterocycles. The first-order valence-electron chi connectivity index (χ1n) is 5.25. The van der Waals surface area contributed by atoms with Gasteiger partial charge in [-0.3, -0.25) is 0 Å². The lowest BCUT2D eigenvalue weighted by atomic mass is 10.4. The lowest BCUT2D eigenvalue weighted by molar-refractivity contribution is 0.585. The van der Waals surface area contributed by atoms with Crippen molar-refractivity contribution < 1.29 is 16.8 Å². The molecule has 7 nitrogen and oxygen atoms in total. The van der Waals surface area contributed by atoms with E-state index >= 15 is 0 Å². The van der Waals surface area contributed by atoms with E-state index in [0.717, 1.165) is 6.07 Å². The average molecular weight is 305 g/mol. The van der Waals surface area contributed by atoms with Crippen molar-refractivity contribution >= 4 is 20.0 Å². The maximum absolute atomic E-state index is 11.9. The third kappa shape index (κ3) is 4.73. The van der Waals surface area contributed by atoms with Crippen molar-refractivity contribution in [2.24, 2.45) is 10.9 Å². The predicted octanol–water partition coefficient (Wildman–Crippen LogP) is -0.873. The van der Waals surface area contributed by atoms with Gasteiger partial charge in [0.25, 0.3) is 0 Å². The molecule has 0 spiro atoms. The third-order valence-corrected chi connectivity index (χ3v) is 4.47. The van der Waals surface area contributed by atoms with Crippen molar-refractivity contribution in [2.75, 3.05) is 13.1 Å². The van der Waals surface area contributed by atoms with E-state index in [1.54, 1.807) is 12.2 Å². The smallest absolute Gasteiger partial charge is 0.240 e. The zero-order valence-electron chi connectivity index (χ0n) is 9.98. The van der Waals surface area contributed by atoms with Gasteiger partial charge in [0.05, 0.1) is 9.79 Å². The normalized spacial score (nSPS) is 12.9. The summed E-state index contributed by atoms with van der Waals surface area (Å²) in [6.45, 7) is 0.377. The molecule has 106 valence electrons. The van der Waals surface area contributed by atoms with Crippen LogP contribution in [-0.4, -0.2) is 29.9 Å². The van der Waals surface area contributed by atoms with Crippen LogP contribution in [0.15, 0.2) is 46.2 Å². The maximum Gasteiger partial charge on any atom is 0.240 e. The second kappa shape index (κ2) is 6.26. The van der Waals surface area contributed by atoms with Gasteiger partial charge in [-0.15, -0.1) is 0 Å². The number of nitrogens with one attached hydrogen (secondary N) is 1. The molecule has 0 radical (unpaired) electrons. The number of primary sulfonamides is 1. The van der Waals surface area contributed by atoms with Crippen molar-refractivity contribution in [2.45, 2.75) is 9.79 Å². The second-order valence-electron chi connectivity index (χ2n) is 3.58. The van der Waals surface area contributed by atoms with Crippen molar-refractivity contribution in [3.05, 3.63) is 36.4 Å². The summed E-state index contributed by atoms with van der Waals surface area (Å²) in [4.78, 5) is -0.423. The van der Waals surface area contributed by atoms with Gasteiger partial charge >= 0.3 is 0 Å². The lowest BCUT2D eigenvalue weighted by Gasteiger charge is -2.06. The topological polar surface area (TPSA) is 132 Å². The van der Waals surface area contributed by atoms with Crippen molar-refractivity contribution in [3.8, 4) is 0 Å². The van der Waals surface area contributed by atoms with Crippen LogP contribution in [-0.2, 0) is 20.0 Å². The van der Waals surface area contributed by atoms with Crippen LogP contribution >= 0.6 is 0 Å². The molecule has 1 aromatic carbocycles. The molecule has 0 atom stereocenters. The van der Waals surface area contributed by atoms with Crippen LogP contribution < -0.4 is 15.6 Å². The number of rotatable bonds is 6. The van der Waals surface area contributed by atoms with Gasteiger partial charge in [-0.25, -0.2) is 26.7 Å². The first-order valence-corrected chi connectivity index (χ1v) is 8.28. The van der Waals surface area contributed by atoms with Gasteiger partial charge in [0.1, 0.15) is 0 Å². The number of hydrogen-bond donors (Lipinski definition) is 3. The molecule has 0 unspecified atom stereocenters. The van der Waals surface area contributed by atoms with E-state index in [9.17, 15) is 16.8 Å². The zero-order valence-corrected chi connectivity index (χ0v) is 11.6. The molecule has 0 saturated carbocycles. The molecular weight excluding hydrogens is 290 g/mol. The van der Waals surface area contributed by atoms with Gasteiger partial charge in [-0.1, -0.05) is 18.2 Å². The van der Waals surface area contributed by atoms with Gasteiger partial charge in [-0.05, 0) is 18.2 Å². The SMILES string of the molecule is NC/C=C/CNS(=O)(=O)c1cccc(S(N)(=O)=O)c1. The fraction of sp³-hybridized carbons (Fsp3) is 0.200. The van der Waals surface area contributed by atoms with Crippen molar-refractivity contribution in [3.63, 3.8) is 0 Å². The Bertz CT molecular complexity index is 666. The van der Waals surface area contributed by atoms with Gasteiger partial charge in [0.15, 0.2) is 0 Å². The molecule has 0 aromatic heterocycles. The van der Waals surface area contributed by atoms with Gasteiger partial charge in [0.2, 0.25) is 20.0 Å². The molecule has 0 aliphatic rings. The maximum atomic E-state index is 11.9. The molecule has 0 saturated heterocycles.